The van der Waals surface area contributed by atoms with E-state index in [0.29, 0.717) is 11.5 Å². The molecule has 1 N–H and O–H groups in total. The minimum absolute atomic E-state index is 0.164. The SMILES string of the molecule is Cc1cc(CS(=O)(=O)NCC(=O)C(C)(C)C)no1. The topological polar surface area (TPSA) is 89.3 Å². The van der Waals surface area contributed by atoms with E-state index in [4.69, 9.17) is 4.52 Å². The molecule has 0 radical (unpaired) electrons. The number of rotatable bonds is 5. The summed E-state index contributed by atoms with van der Waals surface area (Å²) < 4.78 is 30.4. The first-order valence-electron chi connectivity index (χ1n) is 5.53. The molecular weight excluding hydrogens is 256 g/mol. The van der Waals surface area contributed by atoms with Crippen molar-refractivity contribution in [3.63, 3.8) is 0 Å². The Morgan fingerprint density at radius 3 is 2.50 bits per heavy atom. The van der Waals surface area contributed by atoms with Gasteiger partial charge in [0.1, 0.15) is 17.2 Å². The average molecular weight is 274 g/mol. The van der Waals surface area contributed by atoms with Gasteiger partial charge < -0.3 is 4.52 Å². The van der Waals surface area contributed by atoms with Crippen LogP contribution >= 0.6 is 0 Å². The number of ketones is 1. The predicted molar refractivity (Wildman–Crippen MR) is 66.3 cm³/mol. The summed E-state index contributed by atoms with van der Waals surface area (Å²) in [4.78, 5) is 11.6. The zero-order valence-electron chi connectivity index (χ0n) is 11.0. The lowest BCUT2D eigenvalue weighted by Gasteiger charge is -2.16. The first kappa shape index (κ1) is 14.8. The summed E-state index contributed by atoms with van der Waals surface area (Å²) in [6, 6.07) is 1.55. The normalized spacial score (nSPS) is 12.7. The monoisotopic (exact) mass is 274 g/mol. The molecule has 18 heavy (non-hydrogen) atoms. The Bertz CT molecular complexity index is 525. The molecule has 0 fully saturated rings. The van der Waals surface area contributed by atoms with E-state index < -0.39 is 15.4 Å². The predicted octanol–water partition coefficient (Wildman–Crippen LogP) is 1.02. The van der Waals surface area contributed by atoms with Crippen LogP contribution in [0.2, 0.25) is 0 Å². The van der Waals surface area contributed by atoms with Crippen molar-refractivity contribution in [3.05, 3.63) is 17.5 Å². The highest BCUT2D eigenvalue weighted by Gasteiger charge is 2.23. The Hall–Kier alpha value is -1.21. The van der Waals surface area contributed by atoms with Gasteiger partial charge in [0.15, 0.2) is 5.78 Å². The standard InChI is InChI=1S/C11H18N2O4S/c1-8-5-9(13-17-8)7-18(15,16)12-6-10(14)11(2,3)4/h5,12H,6-7H2,1-4H3. The van der Waals surface area contributed by atoms with Crippen LogP contribution in [0.4, 0.5) is 0 Å². The van der Waals surface area contributed by atoms with Gasteiger partial charge in [0.05, 0.1) is 6.54 Å². The van der Waals surface area contributed by atoms with E-state index in [-0.39, 0.29) is 18.1 Å². The van der Waals surface area contributed by atoms with Crippen molar-refractivity contribution < 1.29 is 17.7 Å². The van der Waals surface area contributed by atoms with E-state index in [9.17, 15) is 13.2 Å². The van der Waals surface area contributed by atoms with Crippen LogP contribution in [0.15, 0.2) is 10.6 Å². The maximum atomic E-state index is 11.7. The van der Waals surface area contributed by atoms with Gasteiger partial charge in [0.25, 0.3) is 0 Å². The number of carbonyl (C=O) groups is 1. The molecule has 7 heteroatoms. The van der Waals surface area contributed by atoms with E-state index in [1.807, 2.05) is 0 Å². The van der Waals surface area contributed by atoms with Crippen LogP contribution in [0.25, 0.3) is 0 Å². The first-order valence-corrected chi connectivity index (χ1v) is 7.18. The molecule has 1 heterocycles. The molecule has 0 atom stereocenters. The first-order chi connectivity index (χ1) is 8.10. The number of aryl methyl sites for hydroxylation is 1. The van der Waals surface area contributed by atoms with Gasteiger partial charge in [0.2, 0.25) is 10.0 Å². The highest BCUT2D eigenvalue weighted by Crippen LogP contribution is 2.14. The maximum Gasteiger partial charge on any atom is 0.217 e. The Kier molecular flexibility index (Phi) is 4.28. The fourth-order valence-corrected chi connectivity index (χ4v) is 2.15. The number of aromatic nitrogens is 1. The van der Waals surface area contributed by atoms with Gasteiger partial charge in [-0.15, -0.1) is 0 Å². The quantitative estimate of drug-likeness (QED) is 0.865. The van der Waals surface area contributed by atoms with Crippen LogP contribution in [-0.2, 0) is 20.6 Å². The Labute approximate surface area is 107 Å². The summed E-state index contributed by atoms with van der Waals surface area (Å²) in [5, 5.41) is 3.60. The fourth-order valence-electron chi connectivity index (χ4n) is 1.17. The summed E-state index contributed by atoms with van der Waals surface area (Å²) in [5.41, 5.74) is -0.240. The lowest BCUT2D eigenvalue weighted by molar-refractivity contribution is -0.125. The number of Topliss-reactive ketones (excluding diaryl/α,β-unsaturated/α-hetero) is 1. The highest BCUT2D eigenvalue weighted by molar-refractivity contribution is 7.88. The van der Waals surface area contributed by atoms with Gasteiger partial charge in [-0.25, -0.2) is 13.1 Å². The molecule has 1 rings (SSSR count). The summed E-state index contributed by atoms with van der Waals surface area (Å²) in [6.45, 7) is 6.70. The second-order valence-electron chi connectivity index (χ2n) is 5.18. The number of nitrogens with zero attached hydrogens (tertiary/aromatic N) is 1. The molecular formula is C11H18N2O4S. The van der Waals surface area contributed by atoms with Gasteiger partial charge in [0, 0.05) is 11.5 Å². The number of hydrogen-bond acceptors (Lipinski definition) is 5. The molecule has 1 aromatic rings. The van der Waals surface area contributed by atoms with Gasteiger partial charge in [-0.05, 0) is 6.92 Å². The van der Waals surface area contributed by atoms with Crippen molar-refractivity contribution in [2.45, 2.75) is 33.4 Å². The maximum absolute atomic E-state index is 11.7. The molecule has 1 aromatic heterocycles. The lowest BCUT2D eigenvalue weighted by atomic mass is 9.91. The Morgan fingerprint density at radius 2 is 2.06 bits per heavy atom. The van der Waals surface area contributed by atoms with E-state index in [1.165, 1.54) is 0 Å². The van der Waals surface area contributed by atoms with Gasteiger partial charge in [-0.3, -0.25) is 4.79 Å². The molecule has 0 spiro atoms. The van der Waals surface area contributed by atoms with E-state index in [1.54, 1.807) is 33.8 Å². The third kappa shape index (κ3) is 4.58. The molecule has 0 saturated carbocycles. The minimum Gasteiger partial charge on any atom is -0.361 e. The third-order valence-corrected chi connectivity index (χ3v) is 3.56. The van der Waals surface area contributed by atoms with Crippen LogP contribution in [0.5, 0.6) is 0 Å². The zero-order valence-corrected chi connectivity index (χ0v) is 11.8. The summed E-state index contributed by atoms with van der Waals surface area (Å²) in [5.74, 6) is 0.0928. The van der Waals surface area contributed by atoms with Crippen LogP contribution in [0, 0.1) is 12.3 Å². The largest absolute Gasteiger partial charge is 0.361 e. The molecule has 0 aliphatic rings. The number of nitrogens with one attached hydrogen (secondary N) is 1. The highest BCUT2D eigenvalue weighted by atomic mass is 32.2. The van der Waals surface area contributed by atoms with Gasteiger partial charge in [-0.1, -0.05) is 25.9 Å². The van der Waals surface area contributed by atoms with Crippen LogP contribution in [0.3, 0.4) is 0 Å². The number of hydrogen-bond donors (Lipinski definition) is 1. The summed E-state index contributed by atoms with van der Waals surface area (Å²) in [7, 11) is -3.57. The minimum atomic E-state index is -3.57. The van der Waals surface area contributed by atoms with Crippen molar-refractivity contribution in [2.24, 2.45) is 5.41 Å². The third-order valence-electron chi connectivity index (χ3n) is 2.30. The molecule has 0 amide bonds. The van der Waals surface area contributed by atoms with Crippen molar-refractivity contribution in [2.75, 3.05) is 6.54 Å². The van der Waals surface area contributed by atoms with Crippen molar-refractivity contribution >= 4 is 15.8 Å². The van der Waals surface area contributed by atoms with Crippen LogP contribution in [0.1, 0.15) is 32.2 Å². The summed E-state index contributed by atoms with van der Waals surface area (Å²) >= 11 is 0. The Balaban J connectivity index is 2.59. The number of sulfonamides is 1. The molecule has 0 aliphatic heterocycles. The molecule has 102 valence electrons. The molecule has 6 nitrogen and oxygen atoms in total. The van der Waals surface area contributed by atoms with Crippen LogP contribution < -0.4 is 4.72 Å². The second kappa shape index (κ2) is 5.19. The van der Waals surface area contributed by atoms with Crippen molar-refractivity contribution in [1.29, 1.82) is 0 Å². The zero-order chi connectivity index (χ0) is 14.0. The molecule has 0 unspecified atom stereocenters. The van der Waals surface area contributed by atoms with E-state index in [0.717, 1.165) is 0 Å². The van der Waals surface area contributed by atoms with Crippen LogP contribution in [-0.4, -0.2) is 25.9 Å². The van der Waals surface area contributed by atoms with E-state index >= 15 is 0 Å². The molecule has 0 aromatic carbocycles. The fraction of sp³-hybridized carbons (Fsp3) is 0.636. The summed E-state index contributed by atoms with van der Waals surface area (Å²) in [6.07, 6.45) is 0. The average Bonchev–Trinajstić information content (AvgIpc) is 2.58. The Morgan fingerprint density at radius 1 is 1.44 bits per heavy atom. The van der Waals surface area contributed by atoms with Crippen molar-refractivity contribution in [3.8, 4) is 0 Å². The number of carbonyl (C=O) groups excluding carboxylic acids is 1. The molecule has 0 aliphatic carbocycles. The smallest absolute Gasteiger partial charge is 0.217 e. The van der Waals surface area contributed by atoms with Gasteiger partial charge >= 0.3 is 0 Å². The van der Waals surface area contributed by atoms with E-state index in [2.05, 4.69) is 9.88 Å². The van der Waals surface area contributed by atoms with Gasteiger partial charge in [-0.2, -0.15) is 0 Å². The molecule has 0 bridgehead atoms. The lowest BCUT2D eigenvalue weighted by Crippen LogP contribution is -2.36. The second-order valence-corrected chi connectivity index (χ2v) is 6.99. The van der Waals surface area contributed by atoms with Crippen molar-refractivity contribution in [1.82, 2.24) is 9.88 Å². The molecule has 0 saturated heterocycles.